The molecule has 0 amide bonds. The van der Waals surface area contributed by atoms with Gasteiger partial charge in [-0.2, -0.15) is 0 Å². The first-order valence-corrected chi connectivity index (χ1v) is 14.7. The number of hydrogen-bond donors (Lipinski definition) is 0. The molecule has 2 aromatic rings. The quantitative estimate of drug-likeness (QED) is 0.558. The molecule has 0 aliphatic carbocycles. The highest BCUT2D eigenvalue weighted by Crippen LogP contribution is 2.36. The number of aryl methyl sites for hydroxylation is 1. The van der Waals surface area contributed by atoms with Gasteiger partial charge < -0.3 is 9.47 Å². The zero-order valence-electron chi connectivity index (χ0n) is 21.2. The Labute approximate surface area is 205 Å². The highest BCUT2D eigenvalue weighted by Gasteiger charge is 2.31. The van der Waals surface area contributed by atoms with Crippen LogP contribution in [0.25, 0.3) is 0 Å². The number of hydrogen-bond acceptors (Lipinski definition) is 5. The van der Waals surface area contributed by atoms with Crippen molar-refractivity contribution in [2.45, 2.75) is 70.8 Å². The van der Waals surface area contributed by atoms with Gasteiger partial charge in [-0.1, -0.05) is 44.2 Å². The van der Waals surface area contributed by atoms with Gasteiger partial charge in [0, 0.05) is 38.1 Å². The highest BCUT2D eigenvalue weighted by molar-refractivity contribution is 7.88. The average Bonchev–Trinajstić information content (AvgIpc) is 3.22. The van der Waals surface area contributed by atoms with Gasteiger partial charge in [0.2, 0.25) is 10.0 Å². The SMILES string of the molecule is Cc1nnc(C(C)C)n1C1CCN(CC[C@@H](c2ccccc2)C2CCN(S(C)(=O)=O)CC2)CC1. The van der Waals surface area contributed by atoms with Crippen LogP contribution in [-0.4, -0.2) is 71.4 Å². The second kappa shape index (κ2) is 10.9. The van der Waals surface area contributed by atoms with E-state index in [1.165, 1.54) is 11.8 Å². The fourth-order valence-corrected chi connectivity index (χ4v) is 6.81. The highest BCUT2D eigenvalue weighted by atomic mass is 32.2. The minimum atomic E-state index is -3.09. The summed E-state index contributed by atoms with van der Waals surface area (Å²) in [4.78, 5) is 2.62. The van der Waals surface area contributed by atoms with Crippen molar-refractivity contribution in [1.82, 2.24) is 24.0 Å². The van der Waals surface area contributed by atoms with Crippen molar-refractivity contribution < 1.29 is 8.42 Å². The molecule has 2 saturated heterocycles. The van der Waals surface area contributed by atoms with Crippen LogP contribution in [0.3, 0.4) is 0 Å². The molecular weight excluding hydrogens is 446 g/mol. The lowest BCUT2D eigenvalue weighted by molar-refractivity contribution is 0.165. The van der Waals surface area contributed by atoms with Crippen LogP contribution in [0.5, 0.6) is 0 Å². The molecule has 2 fully saturated rings. The molecule has 3 heterocycles. The van der Waals surface area contributed by atoms with Gasteiger partial charge in [0.05, 0.1) is 6.26 Å². The van der Waals surface area contributed by atoms with E-state index in [0.29, 0.717) is 36.9 Å². The number of rotatable bonds is 8. The molecule has 0 saturated carbocycles. The molecule has 7 nitrogen and oxygen atoms in total. The van der Waals surface area contributed by atoms with E-state index in [0.717, 1.165) is 63.4 Å². The van der Waals surface area contributed by atoms with Crippen molar-refractivity contribution in [2.75, 3.05) is 39.0 Å². The van der Waals surface area contributed by atoms with Gasteiger partial charge in [-0.15, -0.1) is 10.2 Å². The third kappa shape index (κ3) is 5.89. The normalized spacial score (nSPS) is 20.7. The molecule has 0 spiro atoms. The Balaban J connectivity index is 1.36. The molecule has 1 atom stereocenters. The van der Waals surface area contributed by atoms with Crippen molar-refractivity contribution >= 4 is 10.0 Å². The monoisotopic (exact) mass is 487 g/mol. The van der Waals surface area contributed by atoms with Crippen LogP contribution in [-0.2, 0) is 10.0 Å². The Morgan fingerprint density at radius 2 is 1.62 bits per heavy atom. The van der Waals surface area contributed by atoms with Crippen LogP contribution in [0, 0.1) is 12.8 Å². The van der Waals surface area contributed by atoms with Crippen molar-refractivity contribution in [2.24, 2.45) is 5.92 Å². The summed E-state index contributed by atoms with van der Waals surface area (Å²) in [7, 11) is -3.09. The smallest absolute Gasteiger partial charge is 0.211 e. The number of likely N-dealkylation sites (tertiary alicyclic amines) is 1. The summed E-state index contributed by atoms with van der Waals surface area (Å²) in [5, 5.41) is 8.79. The van der Waals surface area contributed by atoms with Crippen molar-refractivity contribution in [3.63, 3.8) is 0 Å². The second-order valence-electron chi connectivity index (χ2n) is 10.5. The van der Waals surface area contributed by atoms with Gasteiger partial charge in [0.1, 0.15) is 11.6 Å². The van der Waals surface area contributed by atoms with Crippen LogP contribution in [0.2, 0.25) is 0 Å². The van der Waals surface area contributed by atoms with Crippen molar-refractivity contribution in [3.8, 4) is 0 Å². The lowest BCUT2D eigenvalue weighted by Gasteiger charge is -2.38. The summed E-state index contributed by atoms with van der Waals surface area (Å²) in [6, 6.07) is 11.3. The van der Waals surface area contributed by atoms with Crippen molar-refractivity contribution in [3.05, 3.63) is 47.5 Å². The lowest BCUT2D eigenvalue weighted by Crippen LogP contribution is -2.40. The molecule has 8 heteroatoms. The Morgan fingerprint density at radius 3 is 2.21 bits per heavy atom. The second-order valence-corrected chi connectivity index (χ2v) is 12.5. The van der Waals surface area contributed by atoms with E-state index in [9.17, 15) is 8.42 Å². The first-order valence-electron chi connectivity index (χ1n) is 12.9. The van der Waals surface area contributed by atoms with Crippen LogP contribution in [0.1, 0.15) is 81.0 Å². The predicted molar refractivity (Wildman–Crippen MR) is 136 cm³/mol. The number of sulfonamides is 1. The molecule has 34 heavy (non-hydrogen) atoms. The minimum absolute atomic E-state index is 0.389. The fourth-order valence-electron chi connectivity index (χ4n) is 5.94. The predicted octanol–water partition coefficient (Wildman–Crippen LogP) is 4.19. The molecule has 0 unspecified atom stereocenters. The summed E-state index contributed by atoms with van der Waals surface area (Å²) in [6.07, 6.45) is 6.63. The third-order valence-corrected chi connectivity index (χ3v) is 9.16. The van der Waals surface area contributed by atoms with Gasteiger partial charge in [-0.25, -0.2) is 12.7 Å². The fraction of sp³-hybridized carbons (Fsp3) is 0.692. The molecule has 2 aliphatic heterocycles. The van der Waals surface area contributed by atoms with Gasteiger partial charge in [0.15, 0.2) is 0 Å². The van der Waals surface area contributed by atoms with Crippen LogP contribution in [0.4, 0.5) is 0 Å². The number of benzene rings is 1. The molecule has 4 rings (SSSR count). The molecule has 0 radical (unpaired) electrons. The van der Waals surface area contributed by atoms with Crippen molar-refractivity contribution in [1.29, 1.82) is 0 Å². The summed E-state index contributed by atoms with van der Waals surface area (Å²) in [6.45, 7) is 11.1. The topological polar surface area (TPSA) is 71.3 Å². The maximum absolute atomic E-state index is 12.0. The van der Waals surface area contributed by atoms with E-state index in [-0.39, 0.29) is 0 Å². The van der Waals surface area contributed by atoms with Gasteiger partial charge in [-0.3, -0.25) is 0 Å². The molecule has 1 aromatic heterocycles. The first-order chi connectivity index (χ1) is 16.2. The largest absolute Gasteiger partial charge is 0.312 e. The number of aromatic nitrogens is 3. The molecule has 1 aromatic carbocycles. The summed E-state index contributed by atoms with van der Waals surface area (Å²) in [5.74, 6) is 3.55. The minimum Gasteiger partial charge on any atom is -0.312 e. The Kier molecular flexibility index (Phi) is 8.10. The molecule has 188 valence electrons. The molecule has 0 N–H and O–H groups in total. The van der Waals surface area contributed by atoms with Crippen LogP contribution in [0.15, 0.2) is 30.3 Å². The number of piperidine rings is 2. The third-order valence-electron chi connectivity index (χ3n) is 7.85. The zero-order chi connectivity index (χ0) is 24.3. The van der Waals surface area contributed by atoms with Crippen LogP contribution >= 0.6 is 0 Å². The standard InChI is InChI=1S/C26H41N5O2S/c1-20(2)26-28-27-21(3)31(26)24-12-15-29(16-13-24)17-14-25(22-8-6-5-7-9-22)23-10-18-30(19-11-23)34(4,32)33/h5-9,20,23-25H,10-19H2,1-4H3/t25-/m0/s1. The maximum Gasteiger partial charge on any atom is 0.211 e. The van der Waals surface area contributed by atoms with E-state index in [4.69, 9.17) is 0 Å². The molecule has 0 bridgehead atoms. The van der Waals surface area contributed by atoms with E-state index in [1.807, 2.05) is 0 Å². The summed E-state index contributed by atoms with van der Waals surface area (Å²) < 4.78 is 28.0. The average molecular weight is 488 g/mol. The first kappa shape index (κ1) is 25.3. The van der Waals surface area contributed by atoms with Crippen LogP contribution < -0.4 is 0 Å². The van der Waals surface area contributed by atoms with E-state index in [2.05, 4.69) is 70.8 Å². The summed E-state index contributed by atoms with van der Waals surface area (Å²) in [5.41, 5.74) is 1.40. The number of nitrogens with zero attached hydrogens (tertiary/aromatic N) is 5. The Morgan fingerprint density at radius 1 is 0.971 bits per heavy atom. The molecule has 2 aliphatic rings. The van der Waals surface area contributed by atoms with Gasteiger partial charge >= 0.3 is 0 Å². The molecular formula is C26H41N5O2S. The summed E-state index contributed by atoms with van der Waals surface area (Å²) >= 11 is 0. The van der Waals surface area contributed by atoms with Gasteiger partial charge in [0.25, 0.3) is 0 Å². The lowest BCUT2D eigenvalue weighted by atomic mass is 9.78. The van der Waals surface area contributed by atoms with E-state index >= 15 is 0 Å². The zero-order valence-corrected chi connectivity index (χ0v) is 22.0. The maximum atomic E-state index is 12.0. The Hall–Kier alpha value is -1.77. The van der Waals surface area contributed by atoms with Gasteiger partial charge in [-0.05, 0) is 63.0 Å². The Bertz CT molecular complexity index is 1020. The van der Waals surface area contributed by atoms with E-state index < -0.39 is 10.0 Å². The van der Waals surface area contributed by atoms with E-state index in [1.54, 1.807) is 4.31 Å².